The molecular weight excluding hydrogens is 250 g/mol. The van der Waals surface area contributed by atoms with Crippen LogP contribution in [0.15, 0.2) is 18.2 Å². The lowest BCUT2D eigenvalue weighted by molar-refractivity contribution is -0.121. The summed E-state index contributed by atoms with van der Waals surface area (Å²) in [4.78, 5) is 11.7. The smallest absolute Gasteiger partial charge is 0.220 e. The van der Waals surface area contributed by atoms with Crippen molar-refractivity contribution in [2.24, 2.45) is 5.92 Å². The Balaban J connectivity index is 2.32. The first-order valence-corrected chi connectivity index (χ1v) is 7.47. The molecule has 1 aromatic carbocycles. The van der Waals surface area contributed by atoms with E-state index >= 15 is 0 Å². The Morgan fingerprint density at radius 2 is 2.15 bits per heavy atom. The normalized spacial score (nSPS) is 12.0. The summed E-state index contributed by atoms with van der Waals surface area (Å²) < 4.78 is 5.19. The van der Waals surface area contributed by atoms with Gasteiger partial charge in [0.05, 0.1) is 7.11 Å². The molecule has 1 amide bonds. The quantitative estimate of drug-likeness (QED) is 0.790. The summed E-state index contributed by atoms with van der Waals surface area (Å²) in [5.41, 5.74) is 2.52. The van der Waals surface area contributed by atoms with Crippen molar-refractivity contribution in [3.8, 4) is 5.75 Å². The summed E-state index contributed by atoms with van der Waals surface area (Å²) in [6.07, 6.45) is 3.53. The zero-order chi connectivity index (χ0) is 15.0. The fourth-order valence-corrected chi connectivity index (χ4v) is 2.04. The van der Waals surface area contributed by atoms with Crippen LogP contribution < -0.4 is 10.1 Å². The van der Waals surface area contributed by atoms with E-state index in [-0.39, 0.29) is 5.91 Å². The van der Waals surface area contributed by atoms with E-state index in [2.05, 4.69) is 32.2 Å². The van der Waals surface area contributed by atoms with Crippen molar-refractivity contribution in [3.05, 3.63) is 29.3 Å². The maximum Gasteiger partial charge on any atom is 0.220 e. The highest BCUT2D eigenvalue weighted by molar-refractivity contribution is 5.75. The van der Waals surface area contributed by atoms with Gasteiger partial charge < -0.3 is 10.1 Å². The van der Waals surface area contributed by atoms with Crippen LogP contribution in [0, 0.1) is 12.8 Å². The van der Waals surface area contributed by atoms with Crippen molar-refractivity contribution < 1.29 is 9.53 Å². The van der Waals surface area contributed by atoms with Crippen LogP contribution in [-0.4, -0.2) is 19.6 Å². The lowest BCUT2D eigenvalue weighted by atomic mass is 10.0. The van der Waals surface area contributed by atoms with E-state index in [0.29, 0.717) is 12.3 Å². The van der Waals surface area contributed by atoms with Gasteiger partial charge >= 0.3 is 0 Å². The van der Waals surface area contributed by atoms with E-state index in [1.54, 1.807) is 7.11 Å². The van der Waals surface area contributed by atoms with Gasteiger partial charge in [-0.15, -0.1) is 0 Å². The predicted octanol–water partition coefficient (Wildman–Crippen LogP) is 3.49. The molecular formula is C17H27NO2. The van der Waals surface area contributed by atoms with Crippen LogP contribution >= 0.6 is 0 Å². The first-order chi connectivity index (χ1) is 9.56. The fraction of sp³-hybridized carbons (Fsp3) is 0.588. The molecule has 0 aliphatic rings. The highest BCUT2D eigenvalue weighted by atomic mass is 16.5. The van der Waals surface area contributed by atoms with Crippen LogP contribution in [0.1, 0.15) is 44.2 Å². The summed E-state index contributed by atoms with van der Waals surface area (Å²) in [5, 5.41) is 2.99. The van der Waals surface area contributed by atoms with Gasteiger partial charge in [-0.25, -0.2) is 0 Å². The summed E-state index contributed by atoms with van der Waals surface area (Å²) in [5.74, 6) is 1.61. The molecule has 0 saturated carbocycles. The van der Waals surface area contributed by atoms with E-state index in [1.807, 2.05) is 12.1 Å². The van der Waals surface area contributed by atoms with Gasteiger partial charge in [0.2, 0.25) is 5.91 Å². The Kier molecular flexibility index (Phi) is 7.13. The monoisotopic (exact) mass is 277 g/mol. The van der Waals surface area contributed by atoms with Gasteiger partial charge in [0, 0.05) is 13.0 Å². The minimum absolute atomic E-state index is 0.163. The topological polar surface area (TPSA) is 38.3 Å². The van der Waals surface area contributed by atoms with Crippen molar-refractivity contribution in [1.82, 2.24) is 5.32 Å². The molecule has 1 aromatic rings. The molecule has 0 saturated heterocycles. The summed E-state index contributed by atoms with van der Waals surface area (Å²) in [6, 6.07) is 6.11. The Bertz CT molecular complexity index is 429. The molecule has 0 radical (unpaired) electrons. The van der Waals surface area contributed by atoms with Crippen LogP contribution in [0.3, 0.4) is 0 Å². The number of methoxy groups -OCH3 is 1. The lowest BCUT2D eigenvalue weighted by Gasteiger charge is -2.11. The standard InChI is InChI=1S/C17H27NO2/c1-5-13(2)12-18-17(19)8-6-7-15-9-10-16(20-4)11-14(15)3/h9-11,13H,5-8,12H2,1-4H3,(H,18,19)/t13-/m1/s1. The molecule has 0 aliphatic heterocycles. The Hall–Kier alpha value is -1.51. The van der Waals surface area contributed by atoms with Gasteiger partial charge in [0.1, 0.15) is 5.75 Å². The third kappa shape index (κ3) is 5.64. The molecule has 0 bridgehead atoms. The van der Waals surface area contributed by atoms with Crippen molar-refractivity contribution in [1.29, 1.82) is 0 Å². The zero-order valence-corrected chi connectivity index (χ0v) is 13.2. The number of carbonyl (C=O) groups excluding carboxylic acids is 1. The molecule has 0 aromatic heterocycles. The van der Waals surface area contributed by atoms with Crippen molar-refractivity contribution >= 4 is 5.91 Å². The van der Waals surface area contributed by atoms with Gasteiger partial charge in [-0.1, -0.05) is 26.3 Å². The number of hydrogen-bond donors (Lipinski definition) is 1. The molecule has 0 aliphatic carbocycles. The molecule has 20 heavy (non-hydrogen) atoms. The third-order valence-corrected chi connectivity index (χ3v) is 3.74. The molecule has 1 N–H and O–H groups in total. The van der Waals surface area contributed by atoms with E-state index < -0.39 is 0 Å². The maximum atomic E-state index is 11.7. The molecule has 3 heteroatoms. The van der Waals surface area contributed by atoms with Gasteiger partial charge in [-0.2, -0.15) is 0 Å². The average molecular weight is 277 g/mol. The first-order valence-electron chi connectivity index (χ1n) is 7.47. The second-order valence-electron chi connectivity index (χ2n) is 5.46. The number of nitrogens with one attached hydrogen (secondary N) is 1. The summed E-state index contributed by atoms with van der Waals surface area (Å²) in [6.45, 7) is 7.17. The Morgan fingerprint density at radius 3 is 2.75 bits per heavy atom. The van der Waals surface area contributed by atoms with Crippen LogP contribution in [0.2, 0.25) is 0 Å². The van der Waals surface area contributed by atoms with E-state index in [1.165, 1.54) is 11.1 Å². The number of hydrogen-bond acceptors (Lipinski definition) is 2. The highest BCUT2D eigenvalue weighted by Gasteiger charge is 2.05. The van der Waals surface area contributed by atoms with Crippen LogP contribution in [0.25, 0.3) is 0 Å². The van der Waals surface area contributed by atoms with Gasteiger partial charge in [-0.05, 0) is 48.9 Å². The number of aryl methyl sites for hydroxylation is 2. The second kappa shape index (κ2) is 8.62. The summed E-state index contributed by atoms with van der Waals surface area (Å²) >= 11 is 0. The van der Waals surface area contributed by atoms with E-state index in [4.69, 9.17) is 4.74 Å². The maximum absolute atomic E-state index is 11.7. The van der Waals surface area contributed by atoms with Gasteiger partial charge in [0.15, 0.2) is 0 Å². The van der Waals surface area contributed by atoms with Crippen molar-refractivity contribution in [3.63, 3.8) is 0 Å². The van der Waals surface area contributed by atoms with Crippen LogP contribution in [0.4, 0.5) is 0 Å². The average Bonchev–Trinajstić information content (AvgIpc) is 2.46. The van der Waals surface area contributed by atoms with Gasteiger partial charge in [0.25, 0.3) is 0 Å². The number of ether oxygens (including phenoxy) is 1. The van der Waals surface area contributed by atoms with Crippen molar-refractivity contribution in [2.75, 3.05) is 13.7 Å². The van der Waals surface area contributed by atoms with E-state index in [0.717, 1.165) is 31.6 Å². The molecule has 0 heterocycles. The lowest BCUT2D eigenvalue weighted by Crippen LogP contribution is -2.27. The predicted molar refractivity (Wildman–Crippen MR) is 83.1 cm³/mol. The van der Waals surface area contributed by atoms with E-state index in [9.17, 15) is 4.79 Å². The van der Waals surface area contributed by atoms with Crippen LogP contribution in [-0.2, 0) is 11.2 Å². The molecule has 3 nitrogen and oxygen atoms in total. The second-order valence-corrected chi connectivity index (χ2v) is 5.46. The molecule has 1 atom stereocenters. The minimum atomic E-state index is 0.163. The van der Waals surface area contributed by atoms with Crippen molar-refractivity contribution in [2.45, 2.75) is 46.5 Å². The van der Waals surface area contributed by atoms with Crippen LogP contribution in [0.5, 0.6) is 5.75 Å². The molecule has 0 spiro atoms. The number of benzene rings is 1. The first kappa shape index (κ1) is 16.5. The molecule has 112 valence electrons. The zero-order valence-electron chi connectivity index (χ0n) is 13.2. The SMILES string of the molecule is CC[C@@H](C)CNC(=O)CCCc1ccc(OC)cc1C. The molecule has 0 unspecified atom stereocenters. The Morgan fingerprint density at radius 1 is 1.40 bits per heavy atom. The Labute approximate surface area is 122 Å². The number of carbonyl (C=O) groups is 1. The highest BCUT2D eigenvalue weighted by Crippen LogP contribution is 2.18. The third-order valence-electron chi connectivity index (χ3n) is 3.74. The minimum Gasteiger partial charge on any atom is -0.497 e. The molecule has 0 fully saturated rings. The molecule has 1 rings (SSSR count). The fourth-order valence-electron chi connectivity index (χ4n) is 2.04. The number of rotatable bonds is 8. The van der Waals surface area contributed by atoms with Gasteiger partial charge in [-0.3, -0.25) is 4.79 Å². The number of amides is 1. The largest absolute Gasteiger partial charge is 0.497 e. The summed E-state index contributed by atoms with van der Waals surface area (Å²) in [7, 11) is 1.68.